The van der Waals surface area contributed by atoms with Crippen molar-refractivity contribution in [1.82, 2.24) is 9.29 Å². The summed E-state index contributed by atoms with van der Waals surface area (Å²) in [4.78, 5) is 14.1. The molecule has 2 rings (SSSR count). The van der Waals surface area contributed by atoms with E-state index in [0.717, 1.165) is 6.26 Å². The molecular formula is C7H8N2O5S. The van der Waals surface area contributed by atoms with Gasteiger partial charge in [-0.25, -0.2) is 18.2 Å². The fourth-order valence-corrected chi connectivity index (χ4v) is 2.23. The number of hydrogen-bond donors (Lipinski definition) is 1. The molecule has 7 nitrogen and oxygen atoms in total. The Hall–Kier alpha value is -1.41. The van der Waals surface area contributed by atoms with E-state index in [4.69, 9.17) is 9.52 Å². The average molecular weight is 232 g/mol. The molecule has 8 heteroatoms. The highest BCUT2D eigenvalue weighted by molar-refractivity contribution is 7.90. The minimum Gasteiger partial charge on any atom is -0.476 e. The standard InChI is InChI=1S/C7H8N2O5S/c10-7(11)5-4-14-6(8-5)3-9-1-2-15(9,12)13/h4H,1-3H2,(H,10,11). The predicted octanol–water partition coefficient (Wildman–Crippen LogP) is -0.482. The highest BCUT2D eigenvalue weighted by Crippen LogP contribution is 2.16. The summed E-state index contributed by atoms with van der Waals surface area (Å²) in [7, 11) is -3.15. The van der Waals surface area contributed by atoms with E-state index in [9.17, 15) is 13.2 Å². The van der Waals surface area contributed by atoms with Gasteiger partial charge < -0.3 is 9.52 Å². The first-order valence-electron chi connectivity index (χ1n) is 4.14. The highest BCUT2D eigenvalue weighted by Gasteiger charge is 2.33. The van der Waals surface area contributed by atoms with E-state index in [1.165, 1.54) is 4.31 Å². The van der Waals surface area contributed by atoms with Gasteiger partial charge in [0.2, 0.25) is 15.9 Å². The fourth-order valence-electron chi connectivity index (χ4n) is 1.18. The largest absolute Gasteiger partial charge is 0.476 e. The zero-order valence-corrected chi connectivity index (χ0v) is 8.40. The molecule has 1 fully saturated rings. The Balaban J connectivity index is 2.09. The number of carbonyl (C=O) groups is 1. The van der Waals surface area contributed by atoms with Crippen LogP contribution in [0.5, 0.6) is 0 Å². The van der Waals surface area contributed by atoms with Crippen molar-refractivity contribution in [3.8, 4) is 0 Å². The Bertz CT molecular complexity index is 491. The molecule has 0 bridgehead atoms. The highest BCUT2D eigenvalue weighted by atomic mass is 32.2. The van der Waals surface area contributed by atoms with Crippen molar-refractivity contribution in [3.63, 3.8) is 0 Å². The third-order valence-corrected chi connectivity index (χ3v) is 3.87. The van der Waals surface area contributed by atoms with E-state index in [2.05, 4.69) is 4.98 Å². The predicted molar refractivity (Wildman–Crippen MR) is 47.7 cm³/mol. The van der Waals surface area contributed by atoms with Gasteiger partial charge in [-0.2, -0.15) is 4.31 Å². The van der Waals surface area contributed by atoms with E-state index < -0.39 is 16.0 Å². The minimum absolute atomic E-state index is 0.00435. The van der Waals surface area contributed by atoms with Gasteiger partial charge in [0, 0.05) is 6.54 Å². The normalized spacial score (nSPS) is 19.7. The van der Waals surface area contributed by atoms with Crippen LogP contribution in [0.25, 0.3) is 0 Å². The van der Waals surface area contributed by atoms with E-state index in [1.807, 2.05) is 0 Å². The zero-order chi connectivity index (χ0) is 11.1. The van der Waals surface area contributed by atoms with Crippen molar-refractivity contribution in [3.05, 3.63) is 17.8 Å². The maximum Gasteiger partial charge on any atom is 0.357 e. The number of rotatable bonds is 3. The summed E-state index contributed by atoms with van der Waals surface area (Å²) < 4.78 is 28.2. The molecule has 0 aliphatic carbocycles. The van der Waals surface area contributed by atoms with E-state index in [1.54, 1.807) is 0 Å². The number of carboxylic acid groups (broad SMARTS) is 1. The summed E-state index contributed by atoms with van der Waals surface area (Å²) in [6.45, 7) is 0.419. The summed E-state index contributed by atoms with van der Waals surface area (Å²) in [5.41, 5.74) is -0.220. The summed E-state index contributed by atoms with van der Waals surface area (Å²) in [6.07, 6.45) is 0.990. The Morgan fingerprint density at radius 3 is 2.80 bits per heavy atom. The van der Waals surface area contributed by atoms with Crippen LogP contribution in [0, 0.1) is 0 Å². The molecule has 1 saturated heterocycles. The Labute approximate surface area is 85.4 Å². The van der Waals surface area contributed by atoms with Gasteiger partial charge in [-0.1, -0.05) is 0 Å². The number of carboxylic acids is 1. The Morgan fingerprint density at radius 2 is 2.40 bits per heavy atom. The lowest BCUT2D eigenvalue weighted by molar-refractivity contribution is 0.0690. The van der Waals surface area contributed by atoms with Gasteiger partial charge in [-0.05, 0) is 0 Å². The smallest absolute Gasteiger partial charge is 0.357 e. The van der Waals surface area contributed by atoms with Crippen LogP contribution < -0.4 is 0 Å². The lowest BCUT2D eigenvalue weighted by Gasteiger charge is -2.28. The number of oxazole rings is 1. The summed E-state index contributed by atoms with van der Waals surface area (Å²) in [6, 6.07) is 0. The quantitative estimate of drug-likeness (QED) is 0.755. The van der Waals surface area contributed by atoms with Crippen molar-refractivity contribution < 1.29 is 22.7 Å². The van der Waals surface area contributed by atoms with Crippen molar-refractivity contribution in [2.45, 2.75) is 6.54 Å². The molecule has 1 aromatic heterocycles. The van der Waals surface area contributed by atoms with Crippen LogP contribution in [0.4, 0.5) is 0 Å². The summed E-state index contributed by atoms with van der Waals surface area (Å²) in [5.74, 6) is -0.980. The molecule has 0 radical (unpaired) electrons. The van der Waals surface area contributed by atoms with Gasteiger partial charge in [0.05, 0.1) is 12.3 Å². The van der Waals surface area contributed by atoms with Crippen molar-refractivity contribution in [2.24, 2.45) is 0 Å². The molecule has 0 amide bonds. The Morgan fingerprint density at radius 1 is 1.67 bits per heavy atom. The SMILES string of the molecule is O=C(O)c1coc(CN2CCS2(=O)=O)n1. The second-order valence-corrected chi connectivity index (χ2v) is 5.17. The summed E-state index contributed by atoms with van der Waals surface area (Å²) in [5, 5.41) is 8.55. The van der Waals surface area contributed by atoms with Crippen LogP contribution in [0.1, 0.15) is 16.4 Å². The van der Waals surface area contributed by atoms with Crippen LogP contribution in [-0.4, -0.2) is 41.1 Å². The monoisotopic (exact) mass is 232 g/mol. The lowest BCUT2D eigenvalue weighted by Crippen LogP contribution is -2.46. The van der Waals surface area contributed by atoms with Gasteiger partial charge in [0.15, 0.2) is 5.69 Å². The molecule has 15 heavy (non-hydrogen) atoms. The van der Waals surface area contributed by atoms with Crippen LogP contribution in [0.15, 0.2) is 10.7 Å². The molecule has 1 aromatic rings. The molecule has 0 atom stereocenters. The lowest BCUT2D eigenvalue weighted by atomic mass is 10.5. The first-order chi connectivity index (χ1) is 6.99. The van der Waals surface area contributed by atoms with Gasteiger partial charge in [-0.3, -0.25) is 0 Å². The third-order valence-electron chi connectivity index (χ3n) is 2.07. The zero-order valence-electron chi connectivity index (χ0n) is 7.58. The van der Waals surface area contributed by atoms with Crippen molar-refractivity contribution in [1.29, 1.82) is 0 Å². The number of hydrogen-bond acceptors (Lipinski definition) is 5. The second-order valence-electron chi connectivity index (χ2n) is 3.08. The number of nitrogens with zero attached hydrogens (tertiary/aromatic N) is 2. The number of aromatic nitrogens is 1. The molecule has 1 aliphatic heterocycles. The first-order valence-corrected chi connectivity index (χ1v) is 5.75. The van der Waals surface area contributed by atoms with Crippen LogP contribution >= 0.6 is 0 Å². The minimum atomic E-state index is -3.15. The molecule has 0 aromatic carbocycles. The molecule has 1 aliphatic rings. The van der Waals surface area contributed by atoms with Crippen LogP contribution in [0.3, 0.4) is 0 Å². The van der Waals surface area contributed by atoms with Gasteiger partial charge in [0.25, 0.3) is 0 Å². The van der Waals surface area contributed by atoms with Crippen LogP contribution in [0.2, 0.25) is 0 Å². The average Bonchev–Trinajstić information content (AvgIpc) is 2.61. The second kappa shape index (κ2) is 3.31. The Kier molecular flexibility index (Phi) is 2.24. The first kappa shape index (κ1) is 10.1. The van der Waals surface area contributed by atoms with Gasteiger partial charge >= 0.3 is 5.97 Å². The molecule has 1 N–H and O–H groups in total. The molecule has 0 unspecified atom stereocenters. The van der Waals surface area contributed by atoms with Crippen LogP contribution in [-0.2, 0) is 16.6 Å². The van der Waals surface area contributed by atoms with Gasteiger partial charge in [0.1, 0.15) is 6.26 Å². The van der Waals surface area contributed by atoms with E-state index in [0.29, 0.717) is 6.54 Å². The molecule has 2 heterocycles. The molecule has 0 spiro atoms. The maximum absolute atomic E-state index is 11.1. The topological polar surface area (TPSA) is 101 Å². The van der Waals surface area contributed by atoms with E-state index >= 15 is 0 Å². The fraction of sp³-hybridized carbons (Fsp3) is 0.429. The molecule has 0 saturated carbocycles. The summed E-state index contributed by atoms with van der Waals surface area (Å²) >= 11 is 0. The van der Waals surface area contributed by atoms with E-state index in [-0.39, 0.29) is 23.9 Å². The number of aromatic carboxylic acids is 1. The maximum atomic E-state index is 11.1. The molecular weight excluding hydrogens is 224 g/mol. The van der Waals surface area contributed by atoms with Crippen molar-refractivity contribution in [2.75, 3.05) is 12.3 Å². The number of sulfonamides is 1. The third kappa shape index (κ3) is 1.85. The molecule has 82 valence electrons. The van der Waals surface area contributed by atoms with Crippen molar-refractivity contribution >= 4 is 16.0 Å². The van der Waals surface area contributed by atoms with Gasteiger partial charge in [-0.15, -0.1) is 0 Å².